The number of carbonyl (C=O) groups is 1. The molecule has 0 saturated heterocycles. The summed E-state index contributed by atoms with van der Waals surface area (Å²) in [4.78, 5) is 16.1. The van der Waals surface area contributed by atoms with Gasteiger partial charge in [-0.25, -0.2) is 12.2 Å². The monoisotopic (exact) mass is 416 g/mol. The molecule has 0 radical (unpaired) electrons. The van der Waals surface area contributed by atoms with E-state index in [1.165, 1.54) is 18.3 Å². The molecule has 2 rings (SSSR count). The van der Waals surface area contributed by atoms with Crippen LogP contribution in [0.25, 0.3) is 5.41 Å². The summed E-state index contributed by atoms with van der Waals surface area (Å²) in [7, 11) is 0. The van der Waals surface area contributed by atoms with Crippen molar-refractivity contribution in [2.24, 2.45) is 11.8 Å². The van der Waals surface area contributed by atoms with Gasteiger partial charge in [0.25, 0.3) is 5.91 Å². The zero-order valence-electron chi connectivity index (χ0n) is 18.8. The van der Waals surface area contributed by atoms with Gasteiger partial charge in [-0.15, -0.1) is 12.2 Å². The van der Waals surface area contributed by atoms with Crippen molar-refractivity contribution in [1.29, 1.82) is 0 Å². The van der Waals surface area contributed by atoms with Crippen LogP contribution in [0.5, 0.6) is 0 Å². The standard InChI is InChI=1S/C16H15N3O2.C8H16.Na/c1-10-8-14(11(9-12(10)17)16(2,3)21)19-15(20)13-6-4-5-7-18-13;1-5-8(6-2)7(3)4;/h1,4-9,21H,2-3H3,(H,19,20);7-8H,1-2,5-6H2,3-4H3;/q2*-2;+1. The molecular formula is C24H31N3NaO2-3. The minimum absolute atomic E-state index is 0. The number of hydrogen-bond acceptors (Lipinski definition) is 3. The van der Waals surface area contributed by atoms with E-state index in [9.17, 15) is 15.3 Å². The Hall–Kier alpha value is -1.53. The Labute approximate surface area is 203 Å². The number of nitrogens with zero attached hydrogens (tertiary/aromatic N) is 2. The average molecular weight is 417 g/mol. The summed E-state index contributed by atoms with van der Waals surface area (Å²) < 4.78 is 0. The van der Waals surface area contributed by atoms with E-state index in [1.54, 1.807) is 32.0 Å². The van der Waals surface area contributed by atoms with Crippen molar-refractivity contribution in [2.45, 2.75) is 46.1 Å². The number of pyridine rings is 1. The molecule has 0 bridgehead atoms. The second-order valence-electron chi connectivity index (χ2n) is 7.77. The van der Waals surface area contributed by atoms with Gasteiger partial charge in [0, 0.05) is 6.20 Å². The first-order valence-corrected chi connectivity index (χ1v) is 9.67. The normalized spacial score (nSPS) is 13.8. The van der Waals surface area contributed by atoms with Crippen LogP contribution >= 0.6 is 0 Å². The Kier molecular flexibility index (Phi) is 12.3. The van der Waals surface area contributed by atoms with Crippen LogP contribution in [-0.4, -0.2) is 27.3 Å². The van der Waals surface area contributed by atoms with Gasteiger partial charge in [0.05, 0.1) is 5.60 Å². The van der Waals surface area contributed by atoms with Crippen LogP contribution in [0.2, 0.25) is 0 Å². The Morgan fingerprint density at radius 1 is 1.27 bits per heavy atom. The average Bonchev–Trinajstić information content (AvgIpc) is 2.65. The minimum atomic E-state index is -1.25. The predicted molar refractivity (Wildman–Crippen MR) is 119 cm³/mol. The summed E-state index contributed by atoms with van der Waals surface area (Å²) in [5.74, 6) is 1.06. The number of allylic oxidation sites excluding steroid dienone is 3. The molecule has 1 aromatic heterocycles. The molecule has 1 amide bonds. The van der Waals surface area contributed by atoms with Crippen LogP contribution in [0, 0.1) is 32.3 Å². The van der Waals surface area contributed by atoms with Crippen molar-refractivity contribution in [3.8, 4) is 0 Å². The van der Waals surface area contributed by atoms with Crippen molar-refractivity contribution in [3.05, 3.63) is 84.9 Å². The summed E-state index contributed by atoms with van der Waals surface area (Å²) in [6.45, 7) is 20.9. The maximum Gasteiger partial charge on any atom is 1.00 e. The zero-order chi connectivity index (χ0) is 22.2. The van der Waals surface area contributed by atoms with Gasteiger partial charge >= 0.3 is 29.6 Å². The fourth-order valence-electron chi connectivity index (χ4n) is 2.71. The molecule has 0 unspecified atom stereocenters. The summed E-state index contributed by atoms with van der Waals surface area (Å²) in [6, 6.07) is 4.98. The molecule has 5 nitrogen and oxygen atoms in total. The second kappa shape index (κ2) is 13.0. The van der Waals surface area contributed by atoms with Crippen molar-refractivity contribution < 1.29 is 39.5 Å². The Bertz CT molecular complexity index is 786. The SMILES string of the molecule is [CH-]=C1C=C(NC(=O)c2ccccn2)C(C(C)(C)O)=CC1=[N-].[CH2-]CC(C[CH2-])C(C)C.[Na+]. The van der Waals surface area contributed by atoms with E-state index < -0.39 is 11.5 Å². The summed E-state index contributed by atoms with van der Waals surface area (Å²) in [5, 5.41) is 22.5. The van der Waals surface area contributed by atoms with Crippen molar-refractivity contribution in [3.63, 3.8) is 0 Å². The topological polar surface area (TPSA) is 84.5 Å². The van der Waals surface area contributed by atoms with E-state index in [2.05, 4.69) is 38.0 Å². The number of aromatic nitrogens is 1. The first-order chi connectivity index (χ1) is 13.5. The molecule has 1 aliphatic rings. The minimum Gasteiger partial charge on any atom is -0.872 e. The number of carbonyl (C=O) groups excluding carboxylic acids is 1. The fourth-order valence-corrected chi connectivity index (χ4v) is 2.71. The van der Waals surface area contributed by atoms with E-state index in [4.69, 9.17) is 6.58 Å². The number of amides is 1. The number of rotatable bonds is 6. The fraction of sp³-hybridized carbons (Fsp3) is 0.375. The van der Waals surface area contributed by atoms with Gasteiger partial charge in [-0.2, -0.15) is 12.8 Å². The third-order valence-electron chi connectivity index (χ3n) is 4.66. The van der Waals surface area contributed by atoms with Crippen LogP contribution in [-0.2, 0) is 0 Å². The molecule has 1 heterocycles. The van der Waals surface area contributed by atoms with Crippen molar-refractivity contribution >= 4 is 11.6 Å². The smallest absolute Gasteiger partial charge is 0.872 e. The van der Waals surface area contributed by atoms with Gasteiger partial charge in [0.1, 0.15) is 5.69 Å². The number of hydrogen-bond donors (Lipinski definition) is 2. The van der Waals surface area contributed by atoms with Crippen LogP contribution in [0.4, 0.5) is 0 Å². The molecule has 0 fully saturated rings. The van der Waals surface area contributed by atoms with Crippen LogP contribution in [0.3, 0.4) is 0 Å². The Morgan fingerprint density at radius 3 is 2.27 bits per heavy atom. The first-order valence-electron chi connectivity index (χ1n) is 9.67. The molecule has 0 saturated carbocycles. The van der Waals surface area contributed by atoms with Crippen molar-refractivity contribution in [1.82, 2.24) is 10.3 Å². The third-order valence-corrected chi connectivity index (χ3v) is 4.66. The predicted octanol–water partition coefficient (Wildman–Crippen LogP) is 1.49. The van der Waals surface area contributed by atoms with E-state index >= 15 is 0 Å². The van der Waals surface area contributed by atoms with Gasteiger partial charge in [-0.05, 0) is 43.2 Å². The molecule has 2 N–H and O–H groups in total. The van der Waals surface area contributed by atoms with Gasteiger partial charge < -0.3 is 29.7 Å². The maximum absolute atomic E-state index is 12.1. The molecule has 1 aromatic rings. The van der Waals surface area contributed by atoms with Crippen LogP contribution in [0.15, 0.2) is 53.4 Å². The Morgan fingerprint density at radius 2 is 1.87 bits per heavy atom. The first kappa shape index (κ1) is 28.5. The molecule has 158 valence electrons. The van der Waals surface area contributed by atoms with E-state index in [0.29, 0.717) is 11.3 Å². The quantitative estimate of drug-likeness (QED) is 0.544. The zero-order valence-corrected chi connectivity index (χ0v) is 20.8. The molecule has 0 aliphatic heterocycles. The largest absolute Gasteiger partial charge is 1.00 e. The van der Waals surface area contributed by atoms with E-state index in [-0.39, 0.29) is 46.5 Å². The number of aliphatic hydroxyl groups is 1. The third kappa shape index (κ3) is 8.68. The van der Waals surface area contributed by atoms with Crippen LogP contribution < -0.4 is 34.9 Å². The molecule has 0 spiro atoms. The molecule has 0 atom stereocenters. The summed E-state index contributed by atoms with van der Waals surface area (Å²) >= 11 is 0. The molecule has 30 heavy (non-hydrogen) atoms. The van der Waals surface area contributed by atoms with E-state index in [0.717, 1.165) is 24.7 Å². The van der Waals surface area contributed by atoms with Gasteiger partial charge in [-0.3, -0.25) is 15.5 Å². The molecular weight excluding hydrogens is 385 g/mol. The Balaban J connectivity index is 0.000000801. The van der Waals surface area contributed by atoms with Gasteiger partial charge in [-0.1, -0.05) is 25.8 Å². The number of nitrogens with one attached hydrogen (secondary N) is 1. The maximum atomic E-state index is 12.1. The van der Waals surface area contributed by atoms with Crippen molar-refractivity contribution in [2.75, 3.05) is 0 Å². The second-order valence-corrected chi connectivity index (χ2v) is 7.77. The molecule has 6 heteroatoms. The summed E-state index contributed by atoms with van der Waals surface area (Å²) in [5.41, 5.74) is -0.363. The van der Waals surface area contributed by atoms with Crippen LogP contribution in [0.1, 0.15) is 51.0 Å². The van der Waals surface area contributed by atoms with Gasteiger partial charge in [0.15, 0.2) is 0 Å². The molecule has 0 aromatic carbocycles. The molecule has 1 aliphatic carbocycles. The summed E-state index contributed by atoms with van der Waals surface area (Å²) in [6.07, 6.45) is 6.31. The van der Waals surface area contributed by atoms with Gasteiger partial charge in [0.2, 0.25) is 0 Å². The van der Waals surface area contributed by atoms with E-state index in [1.807, 2.05) is 0 Å².